The Balaban J connectivity index is 1.66. The second kappa shape index (κ2) is 9.20. The molecule has 0 saturated heterocycles. The molecule has 0 aliphatic carbocycles. The number of benzene rings is 3. The number of imide groups is 1. The predicted octanol–water partition coefficient (Wildman–Crippen LogP) is 4.93. The number of rotatable bonds is 6. The highest BCUT2D eigenvalue weighted by molar-refractivity contribution is 6.22. The van der Waals surface area contributed by atoms with E-state index in [0.717, 1.165) is 16.5 Å². The third-order valence-electron chi connectivity index (χ3n) is 5.05. The number of aromatic hydroxyl groups is 1. The number of phenolic OH excluding ortho intramolecular Hbond substituents is 1. The Kier molecular flexibility index (Phi) is 6.00. The Morgan fingerprint density at radius 3 is 1.88 bits per heavy atom. The molecule has 2 N–H and O–H groups in total. The summed E-state index contributed by atoms with van der Waals surface area (Å²) in [7, 11) is 0. The number of hydrogen-bond donors (Lipinski definition) is 2. The molecule has 0 aromatic heterocycles. The lowest BCUT2D eigenvalue weighted by Gasteiger charge is -2.08. The zero-order chi connectivity index (χ0) is 23.4. The van der Waals surface area contributed by atoms with Crippen molar-refractivity contribution < 1.29 is 24.6 Å². The van der Waals surface area contributed by atoms with Crippen molar-refractivity contribution >= 4 is 42.1 Å². The molecule has 0 saturated carbocycles. The maximum atomic E-state index is 12.6. The second-order valence-corrected chi connectivity index (χ2v) is 7.34. The van der Waals surface area contributed by atoms with Crippen LogP contribution in [0.1, 0.15) is 43.0 Å². The number of para-hydroxylation sites is 1. The van der Waals surface area contributed by atoms with Gasteiger partial charge < -0.3 is 10.2 Å². The summed E-state index contributed by atoms with van der Waals surface area (Å²) in [5.74, 6) is -1.73. The molecule has 1 heterocycles. The molecule has 0 atom stereocenters. The minimum absolute atomic E-state index is 0.140. The molecule has 6 nitrogen and oxygen atoms in total. The van der Waals surface area contributed by atoms with Crippen LogP contribution < -0.4 is 0 Å². The number of carboxylic acids is 1. The van der Waals surface area contributed by atoms with Gasteiger partial charge in [0.2, 0.25) is 0 Å². The topological polar surface area (TPSA) is 94.9 Å². The number of phenols is 1. The van der Waals surface area contributed by atoms with Gasteiger partial charge in [-0.2, -0.15) is 0 Å². The SMILES string of the molecule is O=C(O)/C=C/c1cc(C=Cc2ccccc2O)cc(C=CN2C(=O)c3ccccc3C2=O)c1. The van der Waals surface area contributed by atoms with Crippen molar-refractivity contribution in [2.45, 2.75) is 0 Å². The van der Waals surface area contributed by atoms with Crippen LogP contribution in [0.15, 0.2) is 79.0 Å². The molecule has 1 aliphatic rings. The van der Waals surface area contributed by atoms with Gasteiger partial charge in [-0.1, -0.05) is 42.5 Å². The highest BCUT2D eigenvalue weighted by atomic mass is 16.4. The van der Waals surface area contributed by atoms with Crippen molar-refractivity contribution in [2.24, 2.45) is 0 Å². The number of aliphatic carboxylic acids is 1. The summed E-state index contributed by atoms with van der Waals surface area (Å²) in [6.45, 7) is 0. The molecule has 1 aliphatic heterocycles. The van der Waals surface area contributed by atoms with Gasteiger partial charge >= 0.3 is 5.97 Å². The lowest BCUT2D eigenvalue weighted by atomic mass is 10.0. The quantitative estimate of drug-likeness (QED) is 0.324. The van der Waals surface area contributed by atoms with Crippen LogP contribution >= 0.6 is 0 Å². The molecular formula is C27H19NO5. The minimum Gasteiger partial charge on any atom is -0.507 e. The van der Waals surface area contributed by atoms with Crippen molar-refractivity contribution in [3.63, 3.8) is 0 Å². The molecule has 3 aromatic rings. The van der Waals surface area contributed by atoms with E-state index < -0.39 is 17.8 Å². The fourth-order valence-electron chi connectivity index (χ4n) is 3.48. The lowest BCUT2D eigenvalue weighted by molar-refractivity contribution is -0.131. The van der Waals surface area contributed by atoms with E-state index in [4.69, 9.17) is 5.11 Å². The standard InChI is InChI=1S/C27H19NO5/c29-24-8-4-1-5-21(24)11-9-18-15-19(10-12-25(30)31)17-20(16-18)13-14-28-26(32)22-6-2-3-7-23(22)27(28)33/h1-17,29H,(H,30,31)/b11-9?,12-10+,14-13?. The lowest BCUT2D eigenvalue weighted by Crippen LogP contribution is -2.23. The fraction of sp³-hybridized carbons (Fsp3) is 0. The highest BCUT2D eigenvalue weighted by Crippen LogP contribution is 2.24. The van der Waals surface area contributed by atoms with Crippen molar-refractivity contribution in [1.29, 1.82) is 0 Å². The average molecular weight is 437 g/mol. The summed E-state index contributed by atoms with van der Waals surface area (Å²) in [6, 6.07) is 18.9. The van der Waals surface area contributed by atoms with Gasteiger partial charge in [0.1, 0.15) is 5.75 Å². The third kappa shape index (κ3) is 4.80. The van der Waals surface area contributed by atoms with Gasteiger partial charge in [0.05, 0.1) is 11.1 Å². The number of carboxylic acid groups (broad SMARTS) is 1. The zero-order valence-corrected chi connectivity index (χ0v) is 17.4. The third-order valence-corrected chi connectivity index (χ3v) is 5.05. The van der Waals surface area contributed by atoms with Crippen LogP contribution in [0.2, 0.25) is 0 Å². The molecular weight excluding hydrogens is 418 g/mol. The van der Waals surface area contributed by atoms with Crippen LogP contribution in [0.25, 0.3) is 24.3 Å². The first-order valence-electron chi connectivity index (χ1n) is 10.1. The van der Waals surface area contributed by atoms with Crippen molar-refractivity contribution in [3.8, 4) is 5.75 Å². The van der Waals surface area contributed by atoms with Crippen molar-refractivity contribution in [3.05, 3.63) is 112 Å². The summed E-state index contributed by atoms with van der Waals surface area (Å²) in [5, 5.41) is 18.9. The number of nitrogens with zero attached hydrogens (tertiary/aromatic N) is 1. The summed E-state index contributed by atoms with van der Waals surface area (Å²) < 4.78 is 0. The number of fused-ring (bicyclic) bond motifs is 1. The van der Waals surface area contributed by atoms with E-state index in [-0.39, 0.29) is 5.75 Å². The minimum atomic E-state index is -1.08. The first kappa shape index (κ1) is 21.5. The van der Waals surface area contributed by atoms with Crippen LogP contribution in [0.3, 0.4) is 0 Å². The predicted molar refractivity (Wildman–Crippen MR) is 126 cm³/mol. The second-order valence-electron chi connectivity index (χ2n) is 7.34. The van der Waals surface area contributed by atoms with Crippen molar-refractivity contribution in [1.82, 2.24) is 4.90 Å². The van der Waals surface area contributed by atoms with Gasteiger partial charge in [-0.15, -0.1) is 0 Å². The number of hydrogen-bond acceptors (Lipinski definition) is 4. The van der Waals surface area contributed by atoms with E-state index in [1.165, 1.54) is 12.3 Å². The Hall–Kier alpha value is -4.71. The smallest absolute Gasteiger partial charge is 0.328 e. The summed E-state index contributed by atoms with van der Waals surface area (Å²) >= 11 is 0. The Labute approximate surface area is 190 Å². The number of amides is 2. The molecule has 3 aromatic carbocycles. The van der Waals surface area contributed by atoms with Crippen LogP contribution in [-0.4, -0.2) is 32.9 Å². The molecule has 4 rings (SSSR count). The van der Waals surface area contributed by atoms with E-state index in [0.29, 0.717) is 27.8 Å². The van der Waals surface area contributed by atoms with Crippen molar-refractivity contribution in [2.75, 3.05) is 0 Å². The van der Waals surface area contributed by atoms with E-state index in [1.54, 1.807) is 72.8 Å². The summed E-state index contributed by atoms with van der Waals surface area (Å²) in [4.78, 5) is 37.2. The Bertz CT molecular complexity index is 1320. The van der Waals surface area contributed by atoms with Crippen LogP contribution in [0.4, 0.5) is 0 Å². The monoisotopic (exact) mass is 437 g/mol. The van der Waals surface area contributed by atoms with E-state index in [2.05, 4.69) is 0 Å². The summed E-state index contributed by atoms with van der Waals surface area (Å²) in [5.41, 5.74) is 3.38. The largest absolute Gasteiger partial charge is 0.507 e. The van der Waals surface area contributed by atoms with E-state index >= 15 is 0 Å². The normalized spacial score (nSPS) is 13.5. The molecule has 0 radical (unpaired) electrons. The fourth-order valence-corrected chi connectivity index (χ4v) is 3.48. The molecule has 2 amide bonds. The van der Waals surface area contributed by atoms with Crippen LogP contribution in [-0.2, 0) is 4.79 Å². The Morgan fingerprint density at radius 2 is 1.27 bits per heavy atom. The van der Waals surface area contributed by atoms with Gasteiger partial charge in [-0.3, -0.25) is 9.59 Å². The number of carbonyl (C=O) groups is 3. The molecule has 0 spiro atoms. The molecule has 162 valence electrons. The molecule has 0 unspecified atom stereocenters. The van der Waals surface area contributed by atoms with Gasteiger partial charge in [-0.25, -0.2) is 9.69 Å². The van der Waals surface area contributed by atoms with Gasteiger partial charge in [0, 0.05) is 17.8 Å². The molecule has 0 bridgehead atoms. The maximum absolute atomic E-state index is 12.6. The average Bonchev–Trinajstić information content (AvgIpc) is 3.05. The highest BCUT2D eigenvalue weighted by Gasteiger charge is 2.33. The van der Waals surface area contributed by atoms with Crippen LogP contribution in [0.5, 0.6) is 5.75 Å². The number of carbonyl (C=O) groups excluding carboxylic acids is 2. The van der Waals surface area contributed by atoms with Gasteiger partial charge in [-0.05, 0) is 65.2 Å². The molecule has 6 heteroatoms. The maximum Gasteiger partial charge on any atom is 0.328 e. The zero-order valence-electron chi connectivity index (χ0n) is 17.4. The molecule has 33 heavy (non-hydrogen) atoms. The van der Waals surface area contributed by atoms with Gasteiger partial charge in [0.15, 0.2) is 0 Å². The first-order chi connectivity index (χ1) is 15.9. The summed E-state index contributed by atoms with van der Waals surface area (Å²) in [6.07, 6.45) is 9.06. The van der Waals surface area contributed by atoms with Gasteiger partial charge in [0.25, 0.3) is 11.8 Å². The molecule has 0 fully saturated rings. The van der Waals surface area contributed by atoms with E-state index in [9.17, 15) is 19.5 Å². The van der Waals surface area contributed by atoms with Crippen LogP contribution in [0, 0.1) is 0 Å². The van der Waals surface area contributed by atoms with E-state index in [1.807, 2.05) is 12.1 Å². The first-order valence-corrected chi connectivity index (χ1v) is 10.1. The Morgan fingerprint density at radius 1 is 0.727 bits per heavy atom.